The molecule has 0 aromatic heterocycles. The van der Waals surface area contributed by atoms with Gasteiger partial charge < -0.3 is 9.80 Å². The van der Waals surface area contributed by atoms with Crippen molar-refractivity contribution in [3.05, 3.63) is 223 Å². The minimum Gasteiger partial charge on any atom is -0.311 e. The Bertz CT molecular complexity index is 3840. The lowest BCUT2D eigenvalue weighted by atomic mass is 9.33. The predicted molar refractivity (Wildman–Crippen MR) is 284 cm³/mol. The van der Waals surface area contributed by atoms with Gasteiger partial charge >= 0.3 is 0 Å². The summed E-state index contributed by atoms with van der Waals surface area (Å²) in [6.07, 6.45) is 0. The van der Waals surface area contributed by atoms with Crippen LogP contribution in [-0.4, -0.2) is 6.71 Å². The fourth-order valence-electron chi connectivity index (χ4n) is 9.86. The van der Waals surface area contributed by atoms with E-state index in [0.29, 0.717) is 22.5 Å². The van der Waals surface area contributed by atoms with E-state index in [1.165, 1.54) is 11.1 Å². The summed E-state index contributed by atoms with van der Waals surface area (Å²) in [6, 6.07) is 46.3. The lowest BCUT2D eigenvalue weighted by molar-refractivity contribution is 0.589. The van der Waals surface area contributed by atoms with Gasteiger partial charge in [-0.05, 0) is 133 Å². The van der Waals surface area contributed by atoms with Gasteiger partial charge in [0.15, 0.2) is 0 Å². The largest absolute Gasteiger partial charge is 0.311 e. The van der Waals surface area contributed by atoms with Gasteiger partial charge in [-0.3, -0.25) is 0 Å². The highest BCUT2D eigenvalue weighted by molar-refractivity contribution is 7.00. The van der Waals surface area contributed by atoms with Crippen molar-refractivity contribution in [2.24, 2.45) is 0 Å². The van der Waals surface area contributed by atoms with E-state index in [9.17, 15) is 0 Å². The van der Waals surface area contributed by atoms with E-state index in [4.69, 9.17) is 13.7 Å². The number of aryl methyl sites for hydroxylation is 1. The molecule has 0 unspecified atom stereocenters. The molecule has 0 radical (unpaired) electrons. The summed E-state index contributed by atoms with van der Waals surface area (Å²) in [5.41, 5.74) is 16.4. The molecule has 0 fully saturated rings. The second kappa shape index (κ2) is 16.0. The van der Waals surface area contributed by atoms with Gasteiger partial charge in [-0.2, -0.15) is 0 Å². The smallest absolute Gasteiger partial charge is 0.252 e. The Morgan fingerprint density at radius 3 is 1.65 bits per heavy atom. The quantitative estimate of drug-likeness (QED) is 0.154. The minimum atomic E-state index is -0.476. The van der Waals surface area contributed by atoms with Crippen LogP contribution in [-0.2, 0) is 10.8 Å². The summed E-state index contributed by atoms with van der Waals surface area (Å²) in [5, 5.41) is 0. The number of nitrogens with zero attached hydrogens (tertiary/aromatic N) is 2. The second-order valence-corrected chi connectivity index (χ2v) is 19.6. The van der Waals surface area contributed by atoms with Gasteiger partial charge in [0.1, 0.15) is 0 Å². The maximum atomic E-state index is 9.08. The molecule has 0 saturated heterocycles. The molecule has 2 aliphatic rings. The SMILES string of the molecule is [2H]c1c([2H])c([2H])c(-c2cccc(N3c4cc(-c5c([2H])c([2H])c([2H])c([2H])c5[2H])ccc4B4c5ccccc5N(c5c(-c6ccccc6)cc(C(C)(C)C)cc5-c5cccc(C(C)(C)C)c5)c5cc(C)cc3c54)c2)c([2H])c1[2H]. The average molecular weight is 861 g/mol. The molecule has 0 saturated carbocycles. The van der Waals surface area contributed by atoms with Crippen molar-refractivity contribution < 1.29 is 13.7 Å². The maximum Gasteiger partial charge on any atom is 0.252 e. The van der Waals surface area contributed by atoms with Crippen molar-refractivity contribution in [1.29, 1.82) is 0 Å². The zero-order valence-corrected chi connectivity index (χ0v) is 38.3. The Hall–Kier alpha value is -7.36. The molecule has 3 heteroatoms. The van der Waals surface area contributed by atoms with Crippen molar-refractivity contribution >= 4 is 57.2 Å². The van der Waals surface area contributed by atoms with Gasteiger partial charge in [0, 0.05) is 39.6 Å². The Labute approximate surface area is 406 Å². The Kier molecular flexibility index (Phi) is 7.62. The standard InChI is InChI=1S/C63H55BN2/c1-42-35-58-60-59(36-42)66(61-52(45-25-15-10-16-26-45)40-50(63(5,6)7)41-53(61)48-28-19-29-49(37-48)62(2,3)4)56-32-18-17-31-54(56)64(60)55-34-33-47(44-23-13-9-14-24-44)39-57(55)65(58)51-30-20-27-46(38-51)43-21-11-8-12-22-43/h8-41H,1-7H3/i8D,9D,11D,12D,13D,14D,21D,22D,23D,24D. The molecule has 0 atom stereocenters. The van der Waals surface area contributed by atoms with E-state index in [0.717, 1.165) is 67.0 Å². The average Bonchev–Trinajstić information content (AvgIpc) is 3.52. The molecule has 0 aliphatic carbocycles. The molecule has 11 rings (SSSR count). The van der Waals surface area contributed by atoms with Gasteiger partial charge in [0.2, 0.25) is 0 Å². The molecular formula is C63H55BN2. The topological polar surface area (TPSA) is 6.48 Å². The predicted octanol–water partition coefficient (Wildman–Crippen LogP) is 15.3. The van der Waals surface area contributed by atoms with Crippen LogP contribution >= 0.6 is 0 Å². The zero-order chi connectivity index (χ0) is 54.0. The lowest BCUT2D eigenvalue weighted by Gasteiger charge is -2.45. The lowest BCUT2D eigenvalue weighted by Crippen LogP contribution is -2.61. The van der Waals surface area contributed by atoms with Crippen LogP contribution in [0.1, 0.15) is 71.9 Å². The number of benzene rings is 9. The van der Waals surface area contributed by atoms with Gasteiger partial charge in [0.05, 0.1) is 19.4 Å². The molecular weight excluding hydrogens is 796 g/mol. The number of para-hydroxylation sites is 1. The highest BCUT2D eigenvalue weighted by Gasteiger charge is 2.44. The highest BCUT2D eigenvalue weighted by Crippen LogP contribution is 2.52. The van der Waals surface area contributed by atoms with Crippen LogP contribution in [0.2, 0.25) is 0 Å². The van der Waals surface area contributed by atoms with Crippen LogP contribution in [0.3, 0.4) is 0 Å². The third-order valence-corrected chi connectivity index (χ3v) is 13.1. The minimum absolute atomic E-state index is 0.0671. The van der Waals surface area contributed by atoms with Crippen molar-refractivity contribution in [2.75, 3.05) is 9.80 Å². The molecule has 2 heterocycles. The number of anilines is 6. The Balaban J connectivity index is 1.26. The van der Waals surface area contributed by atoms with Crippen LogP contribution in [0.4, 0.5) is 34.1 Å². The summed E-state index contributed by atoms with van der Waals surface area (Å²) in [7, 11) is 0. The first-order valence-electron chi connectivity index (χ1n) is 27.6. The van der Waals surface area contributed by atoms with Gasteiger partial charge in [-0.1, -0.05) is 199 Å². The van der Waals surface area contributed by atoms with Crippen LogP contribution in [0.15, 0.2) is 206 Å². The summed E-state index contributed by atoms with van der Waals surface area (Å²) in [4.78, 5) is 4.56. The molecule has 0 spiro atoms. The molecule has 9 aromatic carbocycles. The molecule has 0 bridgehead atoms. The first kappa shape index (κ1) is 31.5. The molecule has 9 aromatic rings. The molecule has 2 aliphatic heterocycles. The fourth-order valence-corrected chi connectivity index (χ4v) is 9.86. The maximum absolute atomic E-state index is 9.08. The summed E-state index contributed by atoms with van der Waals surface area (Å²) < 4.78 is 87.4. The van der Waals surface area contributed by atoms with Crippen molar-refractivity contribution in [3.63, 3.8) is 0 Å². The van der Waals surface area contributed by atoms with Crippen LogP contribution in [0, 0.1) is 6.92 Å². The first-order valence-corrected chi connectivity index (χ1v) is 22.6. The van der Waals surface area contributed by atoms with E-state index in [-0.39, 0.29) is 52.8 Å². The zero-order valence-electron chi connectivity index (χ0n) is 48.3. The number of hydrogen-bond donors (Lipinski definition) is 0. The molecule has 66 heavy (non-hydrogen) atoms. The molecule has 320 valence electrons. The van der Waals surface area contributed by atoms with Crippen LogP contribution < -0.4 is 26.2 Å². The molecule has 0 amide bonds. The van der Waals surface area contributed by atoms with E-state index < -0.39 is 36.3 Å². The first-order chi connectivity index (χ1) is 36.1. The van der Waals surface area contributed by atoms with Crippen LogP contribution in [0.5, 0.6) is 0 Å². The van der Waals surface area contributed by atoms with E-state index >= 15 is 0 Å². The molecule has 0 N–H and O–H groups in total. The summed E-state index contributed by atoms with van der Waals surface area (Å²) >= 11 is 0. The second-order valence-electron chi connectivity index (χ2n) is 19.6. The normalized spacial score (nSPS) is 15.1. The van der Waals surface area contributed by atoms with Crippen molar-refractivity contribution in [2.45, 2.75) is 59.3 Å². The van der Waals surface area contributed by atoms with Gasteiger partial charge in [0.25, 0.3) is 6.71 Å². The highest BCUT2D eigenvalue weighted by atomic mass is 15.2. The third kappa shape index (κ3) is 7.15. The summed E-state index contributed by atoms with van der Waals surface area (Å²) in [6.45, 7) is 15.2. The molecule has 2 nitrogen and oxygen atoms in total. The Morgan fingerprint density at radius 2 is 0.970 bits per heavy atom. The van der Waals surface area contributed by atoms with Crippen molar-refractivity contribution in [1.82, 2.24) is 0 Å². The summed E-state index contributed by atoms with van der Waals surface area (Å²) in [5.74, 6) is 0. The van der Waals surface area contributed by atoms with E-state index in [1.807, 2.05) is 42.5 Å². The van der Waals surface area contributed by atoms with Crippen molar-refractivity contribution in [3.8, 4) is 44.5 Å². The number of fused-ring (bicyclic) bond motifs is 4. The van der Waals surface area contributed by atoms with E-state index in [2.05, 4.69) is 155 Å². The van der Waals surface area contributed by atoms with E-state index in [1.54, 1.807) is 6.07 Å². The Morgan fingerprint density at radius 1 is 0.409 bits per heavy atom. The fraction of sp³-hybridized carbons (Fsp3) is 0.143. The van der Waals surface area contributed by atoms with Crippen LogP contribution in [0.25, 0.3) is 44.5 Å². The number of rotatable bonds is 6. The van der Waals surface area contributed by atoms with Gasteiger partial charge in [-0.25, -0.2) is 0 Å². The monoisotopic (exact) mass is 861 g/mol. The third-order valence-electron chi connectivity index (χ3n) is 13.1. The van der Waals surface area contributed by atoms with Gasteiger partial charge in [-0.15, -0.1) is 0 Å². The number of hydrogen-bond acceptors (Lipinski definition) is 2.